The number of hydrogen-bond donors (Lipinski definition) is 2. The number of amides is 1. The Bertz CT molecular complexity index is 537. The number of halogens is 3. The fourth-order valence-corrected chi connectivity index (χ4v) is 1.75. The van der Waals surface area contributed by atoms with E-state index in [9.17, 15) is 18.4 Å². The standard InChI is InChI=1S/C13H14ClF2NO3/c1-3-6(2)11(13(19)20)17-12(18)7-4-10(16)8(14)5-9(7)15/h4-6,11H,3H2,1-2H3,(H,17,18)(H,19,20). The summed E-state index contributed by atoms with van der Waals surface area (Å²) in [6, 6.07) is 0.138. The van der Waals surface area contributed by atoms with Crippen molar-refractivity contribution in [2.75, 3.05) is 0 Å². The maximum atomic E-state index is 13.6. The van der Waals surface area contributed by atoms with Crippen molar-refractivity contribution in [2.45, 2.75) is 26.3 Å². The maximum Gasteiger partial charge on any atom is 0.326 e. The number of aliphatic carboxylic acids is 1. The van der Waals surface area contributed by atoms with Crippen LogP contribution < -0.4 is 5.32 Å². The molecule has 0 bridgehead atoms. The highest BCUT2D eigenvalue weighted by atomic mass is 35.5. The van der Waals surface area contributed by atoms with Crippen LogP contribution in [-0.2, 0) is 4.79 Å². The molecule has 0 aromatic heterocycles. The van der Waals surface area contributed by atoms with Gasteiger partial charge in [0.05, 0.1) is 10.6 Å². The topological polar surface area (TPSA) is 66.4 Å². The summed E-state index contributed by atoms with van der Waals surface area (Å²) in [6.45, 7) is 3.40. The third-order valence-electron chi connectivity index (χ3n) is 3.02. The van der Waals surface area contributed by atoms with Crippen molar-refractivity contribution in [1.29, 1.82) is 0 Å². The average molecular weight is 306 g/mol. The maximum absolute atomic E-state index is 13.6. The smallest absolute Gasteiger partial charge is 0.326 e. The number of hydrogen-bond acceptors (Lipinski definition) is 2. The Kier molecular flexibility index (Phi) is 5.44. The molecule has 110 valence electrons. The van der Waals surface area contributed by atoms with Crippen molar-refractivity contribution in [3.63, 3.8) is 0 Å². The molecule has 1 aromatic carbocycles. The van der Waals surface area contributed by atoms with Crippen molar-refractivity contribution < 1.29 is 23.5 Å². The van der Waals surface area contributed by atoms with Crippen molar-refractivity contribution in [3.8, 4) is 0 Å². The van der Waals surface area contributed by atoms with Crippen LogP contribution in [0.15, 0.2) is 12.1 Å². The van der Waals surface area contributed by atoms with Crippen LogP contribution in [0.25, 0.3) is 0 Å². The SMILES string of the molecule is CCC(C)C(NC(=O)c1cc(F)c(Cl)cc1F)C(=O)O. The van der Waals surface area contributed by atoms with Crippen LogP contribution in [0.3, 0.4) is 0 Å². The Morgan fingerprint density at radius 3 is 2.45 bits per heavy atom. The fraction of sp³-hybridized carbons (Fsp3) is 0.385. The minimum Gasteiger partial charge on any atom is -0.480 e. The van der Waals surface area contributed by atoms with Gasteiger partial charge in [0.1, 0.15) is 17.7 Å². The van der Waals surface area contributed by atoms with Gasteiger partial charge in [0.2, 0.25) is 0 Å². The van der Waals surface area contributed by atoms with Crippen molar-refractivity contribution >= 4 is 23.5 Å². The summed E-state index contributed by atoms with van der Waals surface area (Å²) in [7, 11) is 0. The number of carboxylic acid groups (broad SMARTS) is 1. The Morgan fingerprint density at radius 1 is 1.35 bits per heavy atom. The van der Waals surface area contributed by atoms with E-state index < -0.39 is 40.1 Å². The van der Waals surface area contributed by atoms with Gasteiger partial charge < -0.3 is 10.4 Å². The average Bonchev–Trinajstić information content (AvgIpc) is 2.38. The van der Waals surface area contributed by atoms with E-state index in [2.05, 4.69) is 5.32 Å². The molecular formula is C13H14ClF2NO3. The number of carbonyl (C=O) groups is 2. The van der Waals surface area contributed by atoms with E-state index in [1.807, 2.05) is 0 Å². The second kappa shape index (κ2) is 6.65. The molecule has 4 nitrogen and oxygen atoms in total. The lowest BCUT2D eigenvalue weighted by Gasteiger charge is -2.20. The fourth-order valence-electron chi connectivity index (χ4n) is 1.60. The minimum absolute atomic E-state index is 0.350. The summed E-state index contributed by atoms with van der Waals surface area (Å²) in [5.74, 6) is -4.54. The molecule has 0 saturated heterocycles. The molecule has 0 aliphatic carbocycles. The predicted octanol–water partition coefficient (Wildman–Crippen LogP) is 2.85. The van der Waals surface area contributed by atoms with Crippen LogP contribution in [-0.4, -0.2) is 23.0 Å². The van der Waals surface area contributed by atoms with Gasteiger partial charge in [-0.2, -0.15) is 0 Å². The molecule has 1 aromatic rings. The largest absolute Gasteiger partial charge is 0.480 e. The minimum atomic E-state index is -1.23. The van der Waals surface area contributed by atoms with Crippen molar-refractivity contribution in [2.24, 2.45) is 5.92 Å². The Hall–Kier alpha value is -1.69. The zero-order chi connectivity index (χ0) is 15.4. The van der Waals surface area contributed by atoms with Crippen molar-refractivity contribution in [1.82, 2.24) is 5.32 Å². The number of carbonyl (C=O) groups excluding carboxylic acids is 1. The first-order valence-electron chi connectivity index (χ1n) is 5.96. The van der Waals surface area contributed by atoms with Gasteiger partial charge in [-0.15, -0.1) is 0 Å². The molecule has 2 atom stereocenters. The second-order valence-corrected chi connectivity index (χ2v) is 4.83. The highest BCUT2D eigenvalue weighted by molar-refractivity contribution is 6.30. The normalized spacial score (nSPS) is 13.7. The van der Waals surface area contributed by atoms with Gasteiger partial charge in [-0.3, -0.25) is 4.79 Å². The summed E-state index contributed by atoms with van der Waals surface area (Å²) in [4.78, 5) is 22.9. The van der Waals surface area contributed by atoms with Gasteiger partial charge in [-0.1, -0.05) is 31.9 Å². The van der Waals surface area contributed by atoms with E-state index in [0.29, 0.717) is 18.6 Å². The highest BCUT2D eigenvalue weighted by Gasteiger charge is 2.27. The third-order valence-corrected chi connectivity index (χ3v) is 3.31. The van der Waals surface area contributed by atoms with E-state index in [4.69, 9.17) is 16.7 Å². The molecule has 0 aliphatic heterocycles. The molecule has 0 heterocycles. The molecule has 1 rings (SSSR count). The third kappa shape index (κ3) is 3.66. The molecule has 20 heavy (non-hydrogen) atoms. The van der Waals surface area contributed by atoms with E-state index in [1.165, 1.54) is 0 Å². The van der Waals surface area contributed by atoms with E-state index in [-0.39, 0.29) is 5.92 Å². The van der Waals surface area contributed by atoms with Crippen LogP contribution in [0.4, 0.5) is 8.78 Å². The van der Waals surface area contributed by atoms with Crippen molar-refractivity contribution in [3.05, 3.63) is 34.4 Å². The summed E-state index contributed by atoms with van der Waals surface area (Å²) in [6.07, 6.45) is 0.509. The summed E-state index contributed by atoms with van der Waals surface area (Å²) in [5, 5.41) is 10.8. The lowest BCUT2D eigenvalue weighted by atomic mass is 9.99. The summed E-state index contributed by atoms with van der Waals surface area (Å²) >= 11 is 5.38. The Morgan fingerprint density at radius 2 is 1.95 bits per heavy atom. The number of carboxylic acids is 1. The number of benzene rings is 1. The van der Waals surface area contributed by atoms with E-state index in [0.717, 1.165) is 0 Å². The molecule has 2 unspecified atom stereocenters. The van der Waals surface area contributed by atoms with Gasteiger partial charge in [-0.25, -0.2) is 13.6 Å². The molecule has 1 amide bonds. The quantitative estimate of drug-likeness (QED) is 0.822. The number of rotatable bonds is 5. The highest BCUT2D eigenvalue weighted by Crippen LogP contribution is 2.19. The Labute approximate surface area is 119 Å². The zero-order valence-corrected chi connectivity index (χ0v) is 11.7. The van der Waals surface area contributed by atoms with E-state index in [1.54, 1.807) is 13.8 Å². The second-order valence-electron chi connectivity index (χ2n) is 4.42. The monoisotopic (exact) mass is 305 g/mol. The first kappa shape index (κ1) is 16.4. The first-order valence-corrected chi connectivity index (χ1v) is 6.33. The first-order chi connectivity index (χ1) is 9.27. The molecule has 0 fully saturated rings. The number of nitrogens with one attached hydrogen (secondary N) is 1. The zero-order valence-electron chi connectivity index (χ0n) is 10.9. The van der Waals surface area contributed by atoms with Crippen LogP contribution in [0.2, 0.25) is 5.02 Å². The molecule has 0 spiro atoms. The van der Waals surface area contributed by atoms with Gasteiger partial charge in [0.25, 0.3) is 5.91 Å². The molecule has 0 aliphatic rings. The van der Waals surface area contributed by atoms with Crippen LogP contribution in [0.5, 0.6) is 0 Å². The predicted molar refractivity (Wildman–Crippen MR) is 69.7 cm³/mol. The molecule has 0 radical (unpaired) electrons. The molecule has 7 heteroatoms. The Balaban J connectivity index is 3.01. The lowest BCUT2D eigenvalue weighted by Crippen LogP contribution is -2.45. The summed E-state index contributed by atoms with van der Waals surface area (Å²) in [5.41, 5.74) is -0.582. The van der Waals surface area contributed by atoms with Crippen LogP contribution in [0.1, 0.15) is 30.6 Å². The van der Waals surface area contributed by atoms with E-state index >= 15 is 0 Å². The van der Waals surface area contributed by atoms with Crippen LogP contribution >= 0.6 is 11.6 Å². The van der Waals surface area contributed by atoms with Gasteiger partial charge in [-0.05, 0) is 18.1 Å². The summed E-state index contributed by atoms with van der Waals surface area (Å²) < 4.78 is 26.8. The van der Waals surface area contributed by atoms with Gasteiger partial charge >= 0.3 is 5.97 Å². The van der Waals surface area contributed by atoms with Gasteiger partial charge in [0.15, 0.2) is 0 Å². The lowest BCUT2D eigenvalue weighted by molar-refractivity contribution is -0.140. The molecular weight excluding hydrogens is 292 g/mol. The van der Waals surface area contributed by atoms with Crippen LogP contribution in [0, 0.1) is 17.6 Å². The molecule has 0 saturated carbocycles. The van der Waals surface area contributed by atoms with Gasteiger partial charge in [0, 0.05) is 0 Å². The molecule has 2 N–H and O–H groups in total.